The Balaban J connectivity index is 2.53. The Labute approximate surface area is 124 Å². The van der Waals surface area contributed by atoms with Crippen molar-refractivity contribution in [3.05, 3.63) is 67.9 Å². The predicted molar refractivity (Wildman–Crippen MR) is 78.5 cm³/mol. The van der Waals surface area contributed by atoms with Gasteiger partial charge < -0.3 is 0 Å². The third-order valence-electron chi connectivity index (χ3n) is 2.87. The second kappa shape index (κ2) is 5.43. The lowest BCUT2D eigenvalue weighted by Gasteiger charge is -2.08. The van der Waals surface area contributed by atoms with Crippen LogP contribution in [-0.4, -0.2) is 5.78 Å². The van der Waals surface area contributed by atoms with Gasteiger partial charge in [0.1, 0.15) is 5.82 Å². The topological polar surface area (TPSA) is 17.1 Å². The molecule has 4 heteroatoms. The first-order valence-electron chi connectivity index (χ1n) is 5.66. The van der Waals surface area contributed by atoms with E-state index < -0.39 is 5.82 Å². The number of hydrogen-bond donors (Lipinski definition) is 0. The molecule has 0 saturated heterocycles. The molecule has 0 radical (unpaired) electrons. The Hall–Kier alpha value is -1.19. The lowest BCUT2D eigenvalue weighted by atomic mass is 9.97. The molecule has 0 amide bonds. The van der Waals surface area contributed by atoms with Crippen molar-refractivity contribution < 1.29 is 9.18 Å². The lowest BCUT2D eigenvalue weighted by Crippen LogP contribution is -2.05. The van der Waals surface area contributed by atoms with Gasteiger partial charge in [-0.1, -0.05) is 27.5 Å². The van der Waals surface area contributed by atoms with Gasteiger partial charge in [-0.05, 0) is 55.3 Å². The number of carbonyl (C=O) groups excluding carboxylic acids is 1. The van der Waals surface area contributed by atoms with Crippen LogP contribution in [0.3, 0.4) is 0 Å². The first-order chi connectivity index (χ1) is 8.88. The number of aryl methyl sites for hydroxylation is 2. The number of benzene rings is 2. The zero-order chi connectivity index (χ0) is 14.2. The summed E-state index contributed by atoms with van der Waals surface area (Å²) in [4.78, 5) is 12.4. The molecule has 0 atom stereocenters. The third kappa shape index (κ3) is 3.04. The van der Waals surface area contributed by atoms with Crippen LogP contribution in [0.1, 0.15) is 27.0 Å². The summed E-state index contributed by atoms with van der Waals surface area (Å²) in [6, 6.07) is 7.64. The molecule has 0 spiro atoms. The molecule has 2 aromatic carbocycles. The van der Waals surface area contributed by atoms with E-state index in [9.17, 15) is 9.18 Å². The van der Waals surface area contributed by atoms with Crippen LogP contribution in [0.25, 0.3) is 0 Å². The Morgan fingerprint density at radius 3 is 2.42 bits per heavy atom. The molecule has 0 N–H and O–H groups in total. The van der Waals surface area contributed by atoms with Crippen LogP contribution in [0.15, 0.2) is 34.8 Å². The molecular weight excluding hydrogens is 331 g/mol. The van der Waals surface area contributed by atoms with E-state index in [2.05, 4.69) is 15.9 Å². The van der Waals surface area contributed by atoms with Crippen LogP contribution in [0.5, 0.6) is 0 Å². The van der Waals surface area contributed by atoms with Crippen molar-refractivity contribution in [2.24, 2.45) is 0 Å². The second-order valence-corrected chi connectivity index (χ2v) is 5.73. The monoisotopic (exact) mass is 340 g/mol. The third-order valence-corrected chi connectivity index (χ3v) is 3.74. The number of carbonyl (C=O) groups is 1. The van der Waals surface area contributed by atoms with E-state index in [1.54, 1.807) is 18.2 Å². The van der Waals surface area contributed by atoms with Gasteiger partial charge in [0.25, 0.3) is 0 Å². The number of hydrogen-bond acceptors (Lipinski definition) is 1. The van der Waals surface area contributed by atoms with Gasteiger partial charge in [-0.25, -0.2) is 4.39 Å². The first kappa shape index (κ1) is 14.2. The molecule has 2 rings (SSSR count). The van der Waals surface area contributed by atoms with Crippen LogP contribution in [-0.2, 0) is 0 Å². The Morgan fingerprint density at radius 2 is 1.79 bits per heavy atom. The van der Waals surface area contributed by atoms with E-state index in [4.69, 9.17) is 11.6 Å². The van der Waals surface area contributed by atoms with Crippen LogP contribution in [0.2, 0.25) is 5.02 Å². The van der Waals surface area contributed by atoms with Crippen LogP contribution in [0.4, 0.5) is 4.39 Å². The number of halogens is 3. The lowest BCUT2D eigenvalue weighted by molar-refractivity contribution is 0.103. The minimum absolute atomic E-state index is 0.211. The fourth-order valence-corrected chi connectivity index (χ4v) is 2.55. The molecule has 0 aromatic heterocycles. The summed E-state index contributed by atoms with van der Waals surface area (Å²) in [7, 11) is 0. The van der Waals surface area contributed by atoms with E-state index in [0.29, 0.717) is 20.6 Å². The molecule has 0 aliphatic carbocycles. The van der Waals surface area contributed by atoms with Gasteiger partial charge >= 0.3 is 0 Å². The van der Waals surface area contributed by atoms with Gasteiger partial charge in [-0.3, -0.25) is 4.79 Å². The number of ketones is 1. The summed E-state index contributed by atoms with van der Waals surface area (Å²) in [5.74, 6) is -0.654. The van der Waals surface area contributed by atoms with Crippen molar-refractivity contribution in [1.29, 1.82) is 0 Å². The normalized spacial score (nSPS) is 10.6. The van der Waals surface area contributed by atoms with E-state index in [0.717, 1.165) is 11.1 Å². The SMILES string of the molecule is Cc1cc(C(=O)c2cc(F)cc(Br)c2)c(C)cc1Cl. The van der Waals surface area contributed by atoms with Gasteiger partial charge in [-0.2, -0.15) is 0 Å². The zero-order valence-corrected chi connectivity index (χ0v) is 12.8. The molecule has 0 unspecified atom stereocenters. The predicted octanol–water partition coefficient (Wildman–Crippen LogP) is 5.09. The van der Waals surface area contributed by atoms with E-state index >= 15 is 0 Å². The van der Waals surface area contributed by atoms with Crippen LogP contribution < -0.4 is 0 Å². The van der Waals surface area contributed by atoms with Crippen molar-refractivity contribution in [2.45, 2.75) is 13.8 Å². The Kier molecular flexibility index (Phi) is 4.07. The molecule has 0 aliphatic rings. The second-order valence-electron chi connectivity index (χ2n) is 4.40. The highest BCUT2D eigenvalue weighted by atomic mass is 79.9. The van der Waals surface area contributed by atoms with E-state index in [-0.39, 0.29) is 5.78 Å². The average Bonchev–Trinajstić information content (AvgIpc) is 2.31. The summed E-state index contributed by atoms with van der Waals surface area (Å²) in [6.45, 7) is 3.65. The highest BCUT2D eigenvalue weighted by molar-refractivity contribution is 9.10. The fourth-order valence-electron chi connectivity index (χ4n) is 1.87. The summed E-state index contributed by atoms with van der Waals surface area (Å²) in [5, 5.41) is 0.620. The zero-order valence-electron chi connectivity index (χ0n) is 10.4. The average molecular weight is 342 g/mol. The summed E-state index contributed by atoms with van der Waals surface area (Å²) in [6.07, 6.45) is 0. The molecular formula is C15H11BrClFO. The van der Waals surface area contributed by atoms with Crippen molar-refractivity contribution in [3.63, 3.8) is 0 Å². The molecule has 19 heavy (non-hydrogen) atoms. The van der Waals surface area contributed by atoms with Gasteiger partial charge in [0.2, 0.25) is 0 Å². The quantitative estimate of drug-likeness (QED) is 0.695. The molecule has 0 heterocycles. The molecule has 1 nitrogen and oxygen atoms in total. The van der Waals surface area contributed by atoms with Gasteiger partial charge in [0.05, 0.1) is 0 Å². The highest BCUT2D eigenvalue weighted by Crippen LogP contribution is 2.24. The molecule has 0 fully saturated rings. The maximum absolute atomic E-state index is 13.3. The highest BCUT2D eigenvalue weighted by Gasteiger charge is 2.15. The van der Waals surface area contributed by atoms with Crippen LogP contribution >= 0.6 is 27.5 Å². The van der Waals surface area contributed by atoms with E-state index in [1.165, 1.54) is 12.1 Å². The van der Waals surface area contributed by atoms with Crippen molar-refractivity contribution >= 4 is 33.3 Å². The maximum atomic E-state index is 13.3. The minimum Gasteiger partial charge on any atom is -0.289 e. The summed E-state index contributed by atoms with van der Waals surface area (Å²) < 4.78 is 13.9. The fraction of sp³-hybridized carbons (Fsp3) is 0.133. The number of rotatable bonds is 2. The largest absolute Gasteiger partial charge is 0.289 e. The standard InChI is InChI=1S/C15H11BrClFO/c1-8-4-14(17)9(2)3-13(8)15(19)10-5-11(16)7-12(18)6-10/h3-7H,1-2H3. The van der Waals surface area contributed by atoms with Crippen molar-refractivity contribution in [1.82, 2.24) is 0 Å². The Morgan fingerprint density at radius 1 is 1.11 bits per heavy atom. The van der Waals surface area contributed by atoms with Crippen LogP contribution in [0, 0.1) is 19.7 Å². The molecule has 2 aromatic rings. The van der Waals surface area contributed by atoms with Gasteiger partial charge in [-0.15, -0.1) is 0 Å². The summed E-state index contributed by atoms with van der Waals surface area (Å²) in [5.41, 5.74) is 2.46. The van der Waals surface area contributed by atoms with E-state index in [1.807, 2.05) is 13.8 Å². The summed E-state index contributed by atoms with van der Waals surface area (Å²) >= 11 is 9.19. The van der Waals surface area contributed by atoms with Gasteiger partial charge in [0.15, 0.2) is 5.78 Å². The minimum atomic E-state index is -0.443. The Bertz CT molecular complexity index is 647. The van der Waals surface area contributed by atoms with Gasteiger partial charge in [0, 0.05) is 20.6 Å². The molecule has 0 aliphatic heterocycles. The van der Waals surface area contributed by atoms with Crippen molar-refractivity contribution in [2.75, 3.05) is 0 Å². The maximum Gasteiger partial charge on any atom is 0.193 e. The first-order valence-corrected chi connectivity index (χ1v) is 6.83. The smallest absolute Gasteiger partial charge is 0.193 e. The molecule has 0 saturated carbocycles. The molecule has 0 bridgehead atoms. The molecule has 98 valence electrons. The van der Waals surface area contributed by atoms with Crippen molar-refractivity contribution in [3.8, 4) is 0 Å².